The summed E-state index contributed by atoms with van der Waals surface area (Å²) < 4.78 is 0. The lowest BCUT2D eigenvalue weighted by molar-refractivity contribution is 0.0448. The third kappa shape index (κ3) is 3.45. The van der Waals surface area contributed by atoms with E-state index in [0.29, 0.717) is 6.04 Å². The van der Waals surface area contributed by atoms with Crippen LogP contribution in [0, 0.1) is 11.3 Å². The van der Waals surface area contributed by atoms with Gasteiger partial charge in [-0.25, -0.2) is 0 Å². The highest BCUT2D eigenvalue weighted by atomic mass is 16.3. The summed E-state index contributed by atoms with van der Waals surface area (Å²) in [4.78, 5) is 2.40. The monoisotopic (exact) mass is 286 g/mol. The van der Waals surface area contributed by atoms with Crippen LogP contribution in [0.2, 0.25) is 0 Å². The molecule has 2 unspecified atom stereocenters. The van der Waals surface area contributed by atoms with Crippen molar-refractivity contribution in [3.05, 3.63) is 35.4 Å². The molecule has 1 aromatic rings. The number of nitrogens with zero attached hydrogens (tertiary/aromatic N) is 2. The van der Waals surface area contributed by atoms with Crippen molar-refractivity contribution < 1.29 is 5.11 Å². The zero-order valence-electron chi connectivity index (χ0n) is 13.3. The highest BCUT2D eigenvalue weighted by Crippen LogP contribution is 2.30. The van der Waals surface area contributed by atoms with Crippen molar-refractivity contribution in [3.63, 3.8) is 0 Å². The van der Waals surface area contributed by atoms with Crippen LogP contribution in [-0.2, 0) is 12.0 Å². The van der Waals surface area contributed by atoms with Gasteiger partial charge in [-0.3, -0.25) is 4.90 Å². The zero-order chi connectivity index (χ0) is 15.5. The maximum Gasteiger partial charge on any atom is 0.0769 e. The number of aliphatic hydroxyl groups excluding tert-OH is 1. The summed E-state index contributed by atoms with van der Waals surface area (Å²) in [6.07, 6.45) is 3.43. The van der Waals surface area contributed by atoms with Gasteiger partial charge in [0.1, 0.15) is 0 Å². The smallest absolute Gasteiger partial charge is 0.0769 e. The van der Waals surface area contributed by atoms with Gasteiger partial charge in [-0.2, -0.15) is 5.26 Å². The van der Waals surface area contributed by atoms with E-state index < -0.39 is 5.41 Å². The lowest BCUT2D eigenvalue weighted by atomic mass is 9.82. The van der Waals surface area contributed by atoms with Crippen molar-refractivity contribution in [1.82, 2.24) is 4.90 Å². The van der Waals surface area contributed by atoms with Gasteiger partial charge in [0.25, 0.3) is 0 Å². The van der Waals surface area contributed by atoms with Crippen molar-refractivity contribution in [2.45, 2.75) is 64.1 Å². The quantitative estimate of drug-likeness (QED) is 0.924. The number of aliphatic hydroxyl groups is 1. The Balaban J connectivity index is 2.29. The Morgan fingerprint density at radius 2 is 2.05 bits per heavy atom. The molecule has 0 aliphatic carbocycles. The molecule has 114 valence electrons. The van der Waals surface area contributed by atoms with Crippen molar-refractivity contribution in [2.75, 3.05) is 6.61 Å². The second-order valence-corrected chi connectivity index (χ2v) is 6.68. The number of hydrogen-bond donors (Lipinski definition) is 1. The molecule has 3 nitrogen and oxygen atoms in total. The number of rotatable bonds is 4. The first-order valence-electron chi connectivity index (χ1n) is 7.86. The Kier molecular flexibility index (Phi) is 5.03. The first-order chi connectivity index (χ1) is 9.99. The maximum atomic E-state index is 9.64. The third-order valence-electron chi connectivity index (χ3n) is 4.73. The van der Waals surface area contributed by atoms with E-state index in [9.17, 15) is 10.4 Å². The molecule has 21 heavy (non-hydrogen) atoms. The second-order valence-electron chi connectivity index (χ2n) is 6.68. The van der Waals surface area contributed by atoms with Crippen LogP contribution < -0.4 is 0 Å². The fourth-order valence-corrected chi connectivity index (χ4v) is 3.35. The predicted molar refractivity (Wildman–Crippen MR) is 84.8 cm³/mol. The van der Waals surface area contributed by atoms with Crippen LogP contribution in [0.1, 0.15) is 51.2 Å². The minimum atomic E-state index is -0.482. The Bertz CT molecular complexity index is 518. The standard InChI is InChI=1S/C18H26N2O/c1-14-7-6-9-16(12-21)20(14)11-15-8-4-5-10-17(15)18(2,3)13-19/h4-5,8,10,14,16,21H,6-7,9,11-12H2,1-3H3. The van der Waals surface area contributed by atoms with Crippen LogP contribution in [0.25, 0.3) is 0 Å². The Morgan fingerprint density at radius 3 is 2.71 bits per heavy atom. The molecule has 2 rings (SSSR count). The van der Waals surface area contributed by atoms with Crippen LogP contribution in [0.4, 0.5) is 0 Å². The summed E-state index contributed by atoms with van der Waals surface area (Å²) in [6, 6.07) is 11.3. The molecule has 0 saturated carbocycles. The molecule has 1 N–H and O–H groups in total. The molecule has 2 atom stereocenters. The molecule has 1 aliphatic rings. The molecule has 1 aliphatic heterocycles. The number of nitriles is 1. The lowest BCUT2D eigenvalue weighted by Gasteiger charge is -2.40. The molecule has 0 spiro atoms. The minimum Gasteiger partial charge on any atom is -0.395 e. The summed E-state index contributed by atoms with van der Waals surface area (Å²) in [5.74, 6) is 0. The number of likely N-dealkylation sites (tertiary alicyclic amines) is 1. The maximum absolute atomic E-state index is 9.64. The summed E-state index contributed by atoms with van der Waals surface area (Å²) in [7, 11) is 0. The van der Waals surface area contributed by atoms with Crippen LogP contribution >= 0.6 is 0 Å². The van der Waals surface area contributed by atoms with E-state index in [4.69, 9.17) is 0 Å². The Morgan fingerprint density at radius 1 is 1.33 bits per heavy atom. The lowest BCUT2D eigenvalue weighted by Crippen LogP contribution is -2.46. The summed E-state index contributed by atoms with van der Waals surface area (Å²) >= 11 is 0. The molecule has 1 saturated heterocycles. The highest BCUT2D eigenvalue weighted by Gasteiger charge is 2.29. The average molecular weight is 286 g/mol. The number of benzene rings is 1. The van der Waals surface area contributed by atoms with E-state index in [1.165, 1.54) is 18.4 Å². The topological polar surface area (TPSA) is 47.3 Å². The van der Waals surface area contributed by atoms with Gasteiger partial charge in [-0.15, -0.1) is 0 Å². The molecule has 0 amide bonds. The molecular weight excluding hydrogens is 260 g/mol. The predicted octanol–water partition coefficient (Wildman–Crippen LogP) is 3.22. The van der Waals surface area contributed by atoms with Crippen molar-refractivity contribution in [3.8, 4) is 6.07 Å². The van der Waals surface area contributed by atoms with Gasteiger partial charge in [0, 0.05) is 18.6 Å². The van der Waals surface area contributed by atoms with Crippen LogP contribution in [0.3, 0.4) is 0 Å². The van der Waals surface area contributed by atoms with E-state index >= 15 is 0 Å². The number of piperidine rings is 1. The number of hydrogen-bond acceptors (Lipinski definition) is 3. The van der Waals surface area contributed by atoms with Gasteiger partial charge in [0.05, 0.1) is 18.1 Å². The Hall–Kier alpha value is -1.37. The van der Waals surface area contributed by atoms with E-state index in [0.717, 1.165) is 18.5 Å². The fraction of sp³-hybridized carbons (Fsp3) is 0.611. The summed E-state index contributed by atoms with van der Waals surface area (Å²) in [5, 5.41) is 19.1. The molecule has 0 radical (unpaired) electrons. The van der Waals surface area contributed by atoms with Crippen molar-refractivity contribution >= 4 is 0 Å². The molecular formula is C18H26N2O. The van der Waals surface area contributed by atoms with E-state index in [-0.39, 0.29) is 12.6 Å². The van der Waals surface area contributed by atoms with E-state index in [1.54, 1.807) is 0 Å². The van der Waals surface area contributed by atoms with Crippen molar-refractivity contribution in [1.29, 1.82) is 5.26 Å². The highest BCUT2D eigenvalue weighted by molar-refractivity contribution is 5.37. The normalized spacial score (nSPS) is 23.8. The molecule has 0 bridgehead atoms. The van der Waals surface area contributed by atoms with Gasteiger partial charge >= 0.3 is 0 Å². The van der Waals surface area contributed by atoms with Gasteiger partial charge in [0.15, 0.2) is 0 Å². The SMILES string of the molecule is CC1CCCC(CO)N1Cc1ccccc1C(C)(C)C#N. The summed E-state index contributed by atoms with van der Waals surface area (Å²) in [5.41, 5.74) is 1.82. The van der Waals surface area contributed by atoms with Gasteiger partial charge in [0.2, 0.25) is 0 Å². The summed E-state index contributed by atoms with van der Waals surface area (Å²) in [6.45, 7) is 7.20. The Labute approximate surface area is 128 Å². The molecule has 1 aromatic carbocycles. The molecule has 1 fully saturated rings. The first kappa shape index (κ1) is 16.0. The van der Waals surface area contributed by atoms with Gasteiger partial charge in [-0.1, -0.05) is 30.7 Å². The zero-order valence-corrected chi connectivity index (χ0v) is 13.3. The van der Waals surface area contributed by atoms with E-state index in [1.807, 2.05) is 26.0 Å². The van der Waals surface area contributed by atoms with E-state index in [2.05, 4.69) is 30.0 Å². The third-order valence-corrected chi connectivity index (χ3v) is 4.73. The van der Waals surface area contributed by atoms with Gasteiger partial charge < -0.3 is 5.11 Å². The van der Waals surface area contributed by atoms with Crippen LogP contribution in [-0.4, -0.2) is 28.7 Å². The second kappa shape index (κ2) is 6.60. The molecule has 3 heteroatoms. The van der Waals surface area contributed by atoms with Gasteiger partial charge in [-0.05, 0) is 44.7 Å². The largest absolute Gasteiger partial charge is 0.395 e. The molecule has 0 aromatic heterocycles. The molecule has 1 heterocycles. The average Bonchev–Trinajstić information content (AvgIpc) is 2.49. The van der Waals surface area contributed by atoms with Crippen LogP contribution in [0.5, 0.6) is 0 Å². The first-order valence-corrected chi connectivity index (χ1v) is 7.86. The van der Waals surface area contributed by atoms with Crippen molar-refractivity contribution in [2.24, 2.45) is 0 Å². The van der Waals surface area contributed by atoms with Crippen LogP contribution in [0.15, 0.2) is 24.3 Å². The fourth-order valence-electron chi connectivity index (χ4n) is 3.35. The minimum absolute atomic E-state index is 0.216.